The van der Waals surface area contributed by atoms with Gasteiger partial charge in [0.25, 0.3) is 0 Å². The third-order valence-corrected chi connectivity index (χ3v) is 2.58. The molecule has 1 heterocycles. The number of benzene rings is 1. The molecule has 94 valence electrons. The van der Waals surface area contributed by atoms with Crippen LogP contribution in [-0.2, 0) is 0 Å². The maximum absolute atomic E-state index is 13.6. The van der Waals surface area contributed by atoms with Crippen molar-refractivity contribution >= 4 is 5.82 Å². The van der Waals surface area contributed by atoms with Crippen molar-refractivity contribution in [2.45, 2.75) is 6.92 Å². The van der Waals surface area contributed by atoms with Gasteiger partial charge in [0.1, 0.15) is 5.75 Å². The fraction of sp³-hybridized carbons (Fsp3) is 0.231. The molecule has 0 atom stereocenters. The van der Waals surface area contributed by atoms with Crippen molar-refractivity contribution in [2.75, 3.05) is 19.5 Å². The van der Waals surface area contributed by atoms with Gasteiger partial charge in [0.15, 0.2) is 17.5 Å². The highest BCUT2D eigenvalue weighted by Crippen LogP contribution is 2.23. The summed E-state index contributed by atoms with van der Waals surface area (Å²) in [5.41, 5.74) is 1.10. The van der Waals surface area contributed by atoms with Crippen LogP contribution in [-0.4, -0.2) is 24.1 Å². The van der Waals surface area contributed by atoms with E-state index in [2.05, 4.69) is 15.3 Å². The van der Waals surface area contributed by atoms with E-state index in [1.165, 1.54) is 0 Å². The number of nitrogens with zero attached hydrogens (tertiary/aromatic N) is 2. The zero-order valence-electron chi connectivity index (χ0n) is 10.5. The lowest BCUT2D eigenvalue weighted by Crippen LogP contribution is -2.03. The van der Waals surface area contributed by atoms with Gasteiger partial charge in [0.2, 0.25) is 0 Å². The summed E-state index contributed by atoms with van der Waals surface area (Å²) in [6.45, 7) is 1.61. The Morgan fingerprint density at radius 1 is 1.28 bits per heavy atom. The van der Waals surface area contributed by atoms with Crippen LogP contribution in [0.4, 0.5) is 10.2 Å². The van der Waals surface area contributed by atoms with E-state index in [9.17, 15) is 4.39 Å². The van der Waals surface area contributed by atoms with Crippen LogP contribution >= 0.6 is 0 Å². The lowest BCUT2D eigenvalue weighted by Gasteiger charge is -2.08. The van der Waals surface area contributed by atoms with Crippen LogP contribution in [0.1, 0.15) is 5.69 Å². The normalized spacial score (nSPS) is 10.2. The number of nitrogens with one attached hydrogen (secondary N) is 1. The molecule has 1 N–H and O–H groups in total. The van der Waals surface area contributed by atoms with Crippen LogP contribution in [0, 0.1) is 12.7 Å². The molecule has 5 heteroatoms. The average molecular weight is 247 g/mol. The Kier molecular flexibility index (Phi) is 3.41. The second-order valence-electron chi connectivity index (χ2n) is 3.78. The minimum Gasteiger partial charge on any atom is -0.497 e. The molecule has 1 aromatic heterocycles. The second-order valence-corrected chi connectivity index (χ2v) is 3.78. The van der Waals surface area contributed by atoms with E-state index in [0.717, 1.165) is 5.56 Å². The van der Waals surface area contributed by atoms with Crippen molar-refractivity contribution in [3.8, 4) is 17.1 Å². The highest BCUT2D eigenvalue weighted by atomic mass is 19.1. The summed E-state index contributed by atoms with van der Waals surface area (Å²) in [7, 11) is 3.22. The van der Waals surface area contributed by atoms with Crippen molar-refractivity contribution < 1.29 is 9.13 Å². The zero-order chi connectivity index (χ0) is 13.1. The average Bonchev–Trinajstić information content (AvgIpc) is 2.41. The summed E-state index contributed by atoms with van der Waals surface area (Å²) in [6.07, 6.45) is 0. The molecular formula is C13H14FN3O. The number of methoxy groups -OCH3 is 1. The minimum absolute atomic E-state index is 0.195. The molecule has 0 unspecified atom stereocenters. The fourth-order valence-corrected chi connectivity index (χ4v) is 1.62. The van der Waals surface area contributed by atoms with Gasteiger partial charge in [-0.2, -0.15) is 0 Å². The smallest absolute Gasteiger partial charge is 0.186 e. The van der Waals surface area contributed by atoms with Crippen LogP contribution in [0.15, 0.2) is 24.3 Å². The molecule has 0 aliphatic rings. The molecular weight excluding hydrogens is 233 g/mol. The molecule has 18 heavy (non-hydrogen) atoms. The first-order valence-electron chi connectivity index (χ1n) is 5.52. The summed E-state index contributed by atoms with van der Waals surface area (Å²) in [6, 6.07) is 7.34. The van der Waals surface area contributed by atoms with E-state index in [4.69, 9.17) is 4.74 Å². The molecule has 0 amide bonds. The first kappa shape index (κ1) is 12.3. The third kappa shape index (κ3) is 2.25. The zero-order valence-corrected chi connectivity index (χ0v) is 10.5. The molecule has 2 rings (SSSR count). The molecule has 0 fully saturated rings. The molecule has 0 saturated heterocycles. The number of hydrogen-bond acceptors (Lipinski definition) is 4. The Morgan fingerprint density at radius 3 is 2.72 bits per heavy atom. The second kappa shape index (κ2) is 5.00. The van der Waals surface area contributed by atoms with Gasteiger partial charge >= 0.3 is 0 Å². The van der Waals surface area contributed by atoms with E-state index < -0.39 is 5.82 Å². The standard InChI is InChI=1S/C13H14FN3O/c1-8-11(14)13(15-2)17-12(16-8)9-5-4-6-10(7-9)18-3/h4-7H,1-3H3,(H,15,16,17). The van der Waals surface area contributed by atoms with Gasteiger partial charge in [0, 0.05) is 12.6 Å². The van der Waals surface area contributed by atoms with Gasteiger partial charge < -0.3 is 10.1 Å². The Bertz CT molecular complexity index is 572. The summed E-state index contributed by atoms with van der Waals surface area (Å²) < 4.78 is 18.8. The summed E-state index contributed by atoms with van der Waals surface area (Å²) >= 11 is 0. The van der Waals surface area contributed by atoms with Gasteiger partial charge in [-0.25, -0.2) is 14.4 Å². The van der Waals surface area contributed by atoms with Gasteiger partial charge in [-0.1, -0.05) is 12.1 Å². The van der Waals surface area contributed by atoms with E-state index in [0.29, 0.717) is 17.3 Å². The SMILES string of the molecule is CNc1nc(-c2cccc(OC)c2)nc(C)c1F. The Morgan fingerprint density at radius 2 is 2.06 bits per heavy atom. The molecule has 0 saturated carbocycles. The number of ether oxygens (including phenoxy) is 1. The van der Waals surface area contributed by atoms with E-state index >= 15 is 0 Å². The van der Waals surface area contributed by atoms with Crippen LogP contribution in [0.5, 0.6) is 5.75 Å². The number of aryl methyl sites for hydroxylation is 1. The molecule has 1 aromatic carbocycles. The lowest BCUT2D eigenvalue weighted by atomic mass is 10.2. The number of halogens is 1. The van der Waals surface area contributed by atoms with Crippen LogP contribution in [0.2, 0.25) is 0 Å². The van der Waals surface area contributed by atoms with Crippen LogP contribution in [0.3, 0.4) is 0 Å². The quantitative estimate of drug-likeness (QED) is 0.905. The first-order chi connectivity index (χ1) is 8.65. The Hall–Kier alpha value is -2.17. The van der Waals surface area contributed by atoms with Crippen molar-refractivity contribution in [1.82, 2.24) is 9.97 Å². The van der Waals surface area contributed by atoms with Gasteiger partial charge in [-0.05, 0) is 19.1 Å². The highest BCUT2D eigenvalue weighted by molar-refractivity contribution is 5.59. The predicted molar refractivity (Wildman–Crippen MR) is 68.3 cm³/mol. The van der Waals surface area contributed by atoms with Crippen molar-refractivity contribution in [3.63, 3.8) is 0 Å². The van der Waals surface area contributed by atoms with E-state index in [1.807, 2.05) is 24.3 Å². The summed E-state index contributed by atoms with van der Waals surface area (Å²) in [5, 5.41) is 2.72. The van der Waals surface area contributed by atoms with Crippen molar-refractivity contribution in [1.29, 1.82) is 0 Å². The molecule has 0 radical (unpaired) electrons. The van der Waals surface area contributed by atoms with E-state index in [-0.39, 0.29) is 5.82 Å². The first-order valence-corrected chi connectivity index (χ1v) is 5.52. The molecule has 0 spiro atoms. The maximum Gasteiger partial charge on any atom is 0.186 e. The topological polar surface area (TPSA) is 47.0 Å². The van der Waals surface area contributed by atoms with Gasteiger partial charge in [-0.3, -0.25) is 0 Å². The molecule has 4 nitrogen and oxygen atoms in total. The van der Waals surface area contributed by atoms with Crippen molar-refractivity contribution in [3.05, 3.63) is 35.8 Å². The number of rotatable bonds is 3. The molecule has 2 aromatic rings. The third-order valence-electron chi connectivity index (χ3n) is 2.58. The summed E-state index contributed by atoms with van der Waals surface area (Å²) in [5.74, 6) is 0.950. The minimum atomic E-state index is -0.427. The van der Waals surface area contributed by atoms with Crippen molar-refractivity contribution in [2.24, 2.45) is 0 Å². The van der Waals surface area contributed by atoms with Gasteiger partial charge in [-0.15, -0.1) is 0 Å². The lowest BCUT2D eigenvalue weighted by molar-refractivity contribution is 0.415. The Balaban J connectivity index is 2.53. The molecule has 0 bridgehead atoms. The van der Waals surface area contributed by atoms with E-state index in [1.54, 1.807) is 21.1 Å². The fourth-order valence-electron chi connectivity index (χ4n) is 1.62. The molecule has 0 aliphatic heterocycles. The summed E-state index contributed by atoms with van der Waals surface area (Å²) in [4.78, 5) is 8.29. The Labute approximate surface area is 105 Å². The monoisotopic (exact) mass is 247 g/mol. The maximum atomic E-state index is 13.6. The van der Waals surface area contributed by atoms with Crippen LogP contribution < -0.4 is 10.1 Å². The number of aromatic nitrogens is 2. The highest BCUT2D eigenvalue weighted by Gasteiger charge is 2.11. The molecule has 0 aliphatic carbocycles. The number of hydrogen-bond donors (Lipinski definition) is 1. The van der Waals surface area contributed by atoms with Crippen LogP contribution in [0.25, 0.3) is 11.4 Å². The number of anilines is 1. The predicted octanol–water partition coefficient (Wildman–Crippen LogP) is 2.64. The largest absolute Gasteiger partial charge is 0.497 e. The van der Waals surface area contributed by atoms with Gasteiger partial charge in [0.05, 0.1) is 12.8 Å².